The average molecular weight is 298 g/mol. The van der Waals surface area contributed by atoms with Gasteiger partial charge in [0.25, 0.3) is 0 Å². The van der Waals surface area contributed by atoms with Crippen molar-refractivity contribution >= 4 is 5.91 Å². The Kier molecular flexibility index (Phi) is 7.34. The molecule has 0 saturated carbocycles. The molecule has 118 valence electrons. The second kappa shape index (κ2) is 9.04. The lowest BCUT2D eigenvalue weighted by molar-refractivity contribution is -0.125. The maximum atomic E-state index is 11.6. The lowest BCUT2D eigenvalue weighted by Gasteiger charge is -2.14. The van der Waals surface area contributed by atoms with Gasteiger partial charge in [0.15, 0.2) is 11.5 Å². The Labute approximate surface area is 124 Å². The molecule has 0 unspecified atom stereocenters. The van der Waals surface area contributed by atoms with Crippen molar-refractivity contribution in [2.24, 2.45) is 5.73 Å². The van der Waals surface area contributed by atoms with Crippen LogP contribution in [0.25, 0.3) is 0 Å². The van der Waals surface area contributed by atoms with Crippen LogP contribution in [0.3, 0.4) is 0 Å². The number of benzene rings is 1. The fourth-order valence-corrected chi connectivity index (χ4v) is 1.72. The number of hydrogen-bond acceptors (Lipinski definition) is 6. The molecule has 0 saturated heterocycles. The number of rotatable bonds is 9. The first-order valence-corrected chi connectivity index (χ1v) is 6.49. The van der Waals surface area contributed by atoms with Gasteiger partial charge in [-0.25, -0.2) is 0 Å². The fourth-order valence-electron chi connectivity index (χ4n) is 1.72. The first kappa shape index (κ1) is 17.1. The molecule has 0 radical (unpaired) electrons. The summed E-state index contributed by atoms with van der Waals surface area (Å²) < 4.78 is 20.8. The summed E-state index contributed by atoms with van der Waals surface area (Å²) in [5.41, 5.74) is 6.06. The van der Waals surface area contributed by atoms with Crippen molar-refractivity contribution in [3.63, 3.8) is 0 Å². The summed E-state index contributed by atoms with van der Waals surface area (Å²) >= 11 is 0. The first-order chi connectivity index (χ1) is 10.2. The molecule has 0 aliphatic rings. The van der Waals surface area contributed by atoms with Gasteiger partial charge in [-0.15, -0.1) is 0 Å². The molecule has 1 amide bonds. The van der Waals surface area contributed by atoms with Gasteiger partial charge in [-0.3, -0.25) is 4.79 Å². The van der Waals surface area contributed by atoms with Gasteiger partial charge in [0.2, 0.25) is 5.91 Å². The van der Waals surface area contributed by atoms with E-state index in [1.807, 2.05) is 0 Å². The molecule has 1 rings (SSSR count). The number of amides is 1. The summed E-state index contributed by atoms with van der Waals surface area (Å²) in [6, 6.07) is 3.48. The van der Waals surface area contributed by atoms with Crippen molar-refractivity contribution in [2.75, 3.05) is 41.1 Å². The molecule has 1 aromatic carbocycles. The Hall–Kier alpha value is -1.99. The number of methoxy groups -OCH3 is 3. The van der Waals surface area contributed by atoms with Gasteiger partial charge >= 0.3 is 0 Å². The Morgan fingerprint density at radius 3 is 2.29 bits per heavy atom. The molecule has 21 heavy (non-hydrogen) atoms. The molecule has 3 N–H and O–H groups in total. The molecule has 0 fully saturated rings. The maximum Gasteiger partial charge on any atom is 0.246 e. The van der Waals surface area contributed by atoms with Crippen LogP contribution < -0.4 is 25.3 Å². The van der Waals surface area contributed by atoms with E-state index in [4.69, 9.17) is 24.7 Å². The molecule has 0 atom stereocenters. The van der Waals surface area contributed by atoms with E-state index in [-0.39, 0.29) is 12.5 Å². The van der Waals surface area contributed by atoms with Crippen molar-refractivity contribution in [3.8, 4) is 17.2 Å². The van der Waals surface area contributed by atoms with E-state index in [2.05, 4.69) is 5.32 Å². The third-order valence-electron chi connectivity index (χ3n) is 2.76. The predicted octanol–water partition coefficient (Wildman–Crippen LogP) is 0.304. The minimum Gasteiger partial charge on any atom is -0.496 e. The molecule has 7 nitrogen and oxygen atoms in total. The first-order valence-electron chi connectivity index (χ1n) is 6.49. The van der Waals surface area contributed by atoms with Crippen LogP contribution in [0.4, 0.5) is 0 Å². The number of carbonyl (C=O) groups excluding carboxylic acids is 1. The van der Waals surface area contributed by atoms with Gasteiger partial charge < -0.3 is 30.0 Å². The van der Waals surface area contributed by atoms with Crippen LogP contribution in [0.2, 0.25) is 0 Å². The van der Waals surface area contributed by atoms with Gasteiger partial charge in [0.1, 0.15) is 12.4 Å². The largest absolute Gasteiger partial charge is 0.496 e. The molecule has 1 aromatic rings. The molecule has 0 bridgehead atoms. The summed E-state index contributed by atoms with van der Waals surface area (Å²) in [6.45, 7) is 1.02. The van der Waals surface area contributed by atoms with Crippen molar-refractivity contribution in [1.29, 1.82) is 0 Å². The number of carbonyl (C=O) groups is 1. The minimum atomic E-state index is -0.222. The minimum absolute atomic E-state index is 0.0210. The monoisotopic (exact) mass is 298 g/mol. The van der Waals surface area contributed by atoms with Gasteiger partial charge in [0, 0.05) is 24.7 Å². The van der Waals surface area contributed by atoms with Crippen LogP contribution >= 0.6 is 0 Å². The van der Waals surface area contributed by atoms with E-state index in [1.54, 1.807) is 33.5 Å². The molecular weight excluding hydrogens is 276 g/mol. The van der Waals surface area contributed by atoms with Crippen LogP contribution in [-0.2, 0) is 16.1 Å². The molecule has 0 aliphatic heterocycles. The zero-order valence-corrected chi connectivity index (χ0v) is 12.6. The zero-order chi connectivity index (χ0) is 15.7. The highest BCUT2D eigenvalue weighted by molar-refractivity contribution is 5.77. The quantitative estimate of drug-likeness (QED) is 0.637. The predicted molar refractivity (Wildman–Crippen MR) is 77.8 cm³/mol. The lowest BCUT2D eigenvalue weighted by atomic mass is 10.1. The number of ether oxygens (including phenoxy) is 4. The zero-order valence-electron chi connectivity index (χ0n) is 12.6. The molecule has 0 aliphatic carbocycles. The smallest absolute Gasteiger partial charge is 0.246 e. The summed E-state index contributed by atoms with van der Waals surface area (Å²) in [4.78, 5) is 11.6. The SMILES string of the molecule is COc1cc(OC)c(OC)cc1CNC(=O)COCCN. The average Bonchev–Trinajstić information content (AvgIpc) is 2.52. The maximum absolute atomic E-state index is 11.6. The van der Waals surface area contributed by atoms with Gasteiger partial charge in [0.05, 0.1) is 27.9 Å². The van der Waals surface area contributed by atoms with E-state index in [1.165, 1.54) is 0 Å². The fraction of sp³-hybridized carbons (Fsp3) is 0.500. The topological polar surface area (TPSA) is 92.0 Å². The summed E-state index contributed by atoms with van der Waals surface area (Å²) in [6.07, 6.45) is 0. The Bertz CT molecular complexity index is 465. The van der Waals surface area contributed by atoms with E-state index in [0.29, 0.717) is 36.9 Å². The van der Waals surface area contributed by atoms with Gasteiger partial charge in [-0.05, 0) is 6.07 Å². The number of nitrogens with two attached hydrogens (primary N) is 1. The third kappa shape index (κ3) is 5.13. The van der Waals surface area contributed by atoms with Gasteiger partial charge in [-0.2, -0.15) is 0 Å². The van der Waals surface area contributed by atoms with E-state index < -0.39 is 0 Å². The standard InChI is InChI=1S/C14H22N2O5/c1-18-11-7-13(20-3)12(19-2)6-10(11)8-16-14(17)9-21-5-4-15/h6-7H,4-5,8-9,15H2,1-3H3,(H,16,17). The van der Waals surface area contributed by atoms with Gasteiger partial charge in [-0.1, -0.05) is 0 Å². The highest BCUT2D eigenvalue weighted by Crippen LogP contribution is 2.34. The van der Waals surface area contributed by atoms with Crippen LogP contribution in [0.15, 0.2) is 12.1 Å². The van der Waals surface area contributed by atoms with E-state index >= 15 is 0 Å². The van der Waals surface area contributed by atoms with Crippen LogP contribution in [0, 0.1) is 0 Å². The highest BCUT2D eigenvalue weighted by atomic mass is 16.5. The lowest BCUT2D eigenvalue weighted by Crippen LogP contribution is -2.28. The second-order valence-electron chi connectivity index (χ2n) is 4.14. The molecule has 0 heterocycles. The highest BCUT2D eigenvalue weighted by Gasteiger charge is 2.12. The Balaban J connectivity index is 2.71. The molecule has 0 spiro atoms. The van der Waals surface area contributed by atoms with Crippen LogP contribution in [-0.4, -0.2) is 47.0 Å². The molecular formula is C14H22N2O5. The van der Waals surface area contributed by atoms with Crippen molar-refractivity contribution in [3.05, 3.63) is 17.7 Å². The Morgan fingerprint density at radius 1 is 1.10 bits per heavy atom. The van der Waals surface area contributed by atoms with Crippen LogP contribution in [0.5, 0.6) is 17.2 Å². The summed E-state index contributed by atoms with van der Waals surface area (Å²) in [5.74, 6) is 1.52. The number of nitrogens with one attached hydrogen (secondary N) is 1. The Morgan fingerprint density at radius 2 is 1.71 bits per heavy atom. The van der Waals surface area contributed by atoms with E-state index in [0.717, 1.165) is 5.56 Å². The number of hydrogen-bond donors (Lipinski definition) is 2. The summed E-state index contributed by atoms with van der Waals surface area (Å²) in [5, 5.41) is 2.74. The van der Waals surface area contributed by atoms with Crippen molar-refractivity contribution in [2.45, 2.75) is 6.54 Å². The van der Waals surface area contributed by atoms with E-state index in [9.17, 15) is 4.79 Å². The van der Waals surface area contributed by atoms with Crippen molar-refractivity contribution in [1.82, 2.24) is 5.32 Å². The van der Waals surface area contributed by atoms with Crippen LogP contribution in [0.1, 0.15) is 5.56 Å². The van der Waals surface area contributed by atoms with Crippen molar-refractivity contribution < 1.29 is 23.7 Å². The molecule has 7 heteroatoms. The second-order valence-corrected chi connectivity index (χ2v) is 4.14. The molecule has 0 aromatic heterocycles. The third-order valence-corrected chi connectivity index (χ3v) is 2.76. The summed E-state index contributed by atoms with van der Waals surface area (Å²) in [7, 11) is 4.65. The normalized spacial score (nSPS) is 10.1.